The van der Waals surface area contributed by atoms with Gasteiger partial charge in [-0.2, -0.15) is 0 Å². The monoisotopic (exact) mass is 260 g/mol. The van der Waals surface area contributed by atoms with Crippen LogP contribution in [0.3, 0.4) is 0 Å². The lowest BCUT2D eigenvalue weighted by Gasteiger charge is -2.28. The average molecular weight is 260 g/mol. The van der Waals surface area contributed by atoms with Gasteiger partial charge in [0.05, 0.1) is 19.3 Å². The molecule has 0 aromatic heterocycles. The normalized spacial score (nSPS) is 12.9. The van der Waals surface area contributed by atoms with Crippen LogP contribution in [-0.4, -0.2) is 36.4 Å². The minimum absolute atomic E-state index is 0.217. The summed E-state index contributed by atoms with van der Waals surface area (Å²) < 4.78 is 9.95. The van der Waals surface area contributed by atoms with Crippen molar-refractivity contribution in [3.8, 4) is 0 Å². The molecule has 0 saturated heterocycles. The second kappa shape index (κ2) is 8.08. The zero-order chi connectivity index (χ0) is 14.2. The van der Waals surface area contributed by atoms with Crippen LogP contribution in [0.15, 0.2) is 0 Å². The maximum Gasteiger partial charge on any atom is 0.323 e. The van der Waals surface area contributed by atoms with E-state index in [1.54, 1.807) is 27.7 Å². The van der Waals surface area contributed by atoms with Gasteiger partial charge >= 0.3 is 11.9 Å². The molecule has 18 heavy (non-hydrogen) atoms. The van der Waals surface area contributed by atoms with Gasteiger partial charge in [-0.25, -0.2) is 0 Å². The van der Waals surface area contributed by atoms with Crippen molar-refractivity contribution in [3.05, 3.63) is 0 Å². The second-order valence-corrected chi connectivity index (χ2v) is 4.26. The van der Waals surface area contributed by atoms with Crippen molar-refractivity contribution in [3.63, 3.8) is 0 Å². The van der Waals surface area contributed by atoms with E-state index >= 15 is 0 Å². The summed E-state index contributed by atoms with van der Waals surface area (Å²) in [6, 6.07) is 0. The van der Waals surface area contributed by atoms with E-state index in [0.717, 1.165) is 0 Å². The minimum Gasteiger partial charge on any atom is -0.465 e. The van der Waals surface area contributed by atoms with Gasteiger partial charge in [0.25, 0.3) is 0 Å². The van der Waals surface area contributed by atoms with Crippen molar-refractivity contribution in [1.82, 2.24) is 0 Å². The van der Waals surface area contributed by atoms with Crippen molar-refractivity contribution < 1.29 is 24.2 Å². The lowest BCUT2D eigenvalue weighted by atomic mass is 9.80. The molecule has 0 radical (unpaired) electrons. The maximum atomic E-state index is 12.0. The van der Waals surface area contributed by atoms with E-state index in [4.69, 9.17) is 9.47 Å². The Bertz CT molecular complexity index is 255. The van der Waals surface area contributed by atoms with E-state index in [1.165, 1.54) is 0 Å². The summed E-state index contributed by atoms with van der Waals surface area (Å²) in [4.78, 5) is 24.0. The number of esters is 2. The first-order valence-corrected chi connectivity index (χ1v) is 6.47. The molecule has 5 nitrogen and oxygen atoms in total. The van der Waals surface area contributed by atoms with Gasteiger partial charge in [0.2, 0.25) is 0 Å². The number of carbonyl (C=O) groups is 2. The fourth-order valence-electron chi connectivity index (χ4n) is 1.75. The first-order valence-electron chi connectivity index (χ1n) is 6.47. The van der Waals surface area contributed by atoms with Crippen LogP contribution in [0.5, 0.6) is 0 Å². The van der Waals surface area contributed by atoms with E-state index in [0.29, 0.717) is 12.8 Å². The van der Waals surface area contributed by atoms with Gasteiger partial charge in [-0.05, 0) is 40.0 Å². The van der Waals surface area contributed by atoms with E-state index in [9.17, 15) is 14.7 Å². The molecular formula is C13H24O5. The predicted octanol–water partition coefficient (Wildman–Crippen LogP) is 1.67. The molecule has 5 heteroatoms. The zero-order valence-electron chi connectivity index (χ0n) is 11.7. The summed E-state index contributed by atoms with van der Waals surface area (Å²) in [5, 5.41) is 9.33. The molecule has 1 unspecified atom stereocenters. The first-order chi connectivity index (χ1) is 8.44. The lowest BCUT2D eigenvalue weighted by Crippen LogP contribution is -2.42. The van der Waals surface area contributed by atoms with Crippen LogP contribution < -0.4 is 0 Å². The summed E-state index contributed by atoms with van der Waals surface area (Å²) in [6.45, 7) is 7.19. The Hall–Kier alpha value is -1.10. The highest BCUT2D eigenvalue weighted by atomic mass is 16.6. The Balaban J connectivity index is 5.05. The highest BCUT2D eigenvalue weighted by Gasteiger charge is 2.46. The van der Waals surface area contributed by atoms with Crippen LogP contribution in [0.4, 0.5) is 0 Å². The van der Waals surface area contributed by atoms with Crippen molar-refractivity contribution >= 4 is 11.9 Å². The first kappa shape index (κ1) is 16.9. The number of hydrogen-bond donors (Lipinski definition) is 1. The van der Waals surface area contributed by atoms with Crippen LogP contribution in [0.1, 0.15) is 47.0 Å². The highest BCUT2D eigenvalue weighted by molar-refractivity contribution is 6.00. The van der Waals surface area contributed by atoms with E-state index in [-0.39, 0.29) is 19.6 Å². The molecule has 0 fully saturated rings. The Morgan fingerprint density at radius 2 is 1.56 bits per heavy atom. The standard InChI is InChI=1S/C13H24O5/c1-5-13(9-8-10(4)14,11(15)17-6-2)12(16)18-7-3/h10,14H,5-9H2,1-4H3. The summed E-state index contributed by atoms with van der Waals surface area (Å²) in [6.07, 6.45) is 0.321. The van der Waals surface area contributed by atoms with Crippen LogP contribution in [0, 0.1) is 5.41 Å². The molecule has 0 rings (SSSR count). The molecule has 0 heterocycles. The molecule has 0 aliphatic rings. The summed E-state index contributed by atoms with van der Waals surface area (Å²) >= 11 is 0. The summed E-state index contributed by atoms with van der Waals surface area (Å²) in [7, 11) is 0. The van der Waals surface area contributed by atoms with E-state index < -0.39 is 23.5 Å². The van der Waals surface area contributed by atoms with Gasteiger partial charge in [-0.15, -0.1) is 0 Å². The quantitative estimate of drug-likeness (QED) is 0.531. The largest absolute Gasteiger partial charge is 0.465 e. The number of rotatable bonds is 8. The fourth-order valence-corrected chi connectivity index (χ4v) is 1.75. The molecule has 1 atom stereocenters. The number of ether oxygens (including phenoxy) is 2. The van der Waals surface area contributed by atoms with Gasteiger partial charge < -0.3 is 14.6 Å². The van der Waals surface area contributed by atoms with Crippen LogP contribution in [0.2, 0.25) is 0 Å². The number of aliphatic hydroxyl groups excluding tert-OH is 1. The molecule has 106 valence electrons. The third kappa shape index (κ3) is 4.29. The Morgan fingerprint density at radius 3 is 1.83 bits per heavy atom. The van der Waals surface area contributed by atoms with Crippen LogP contribution in [0.25, 0.3) is 0 Å². The zero-order valence-corrected chi connectivity index (χ0v) is 11.7. The van der Waals surface area contributed by atoms with Crippen molar-refractivity contribution in [2.24, 2.45) is 5.41 Å². The SMILES string of the molecule is CCOC(=O)C(CC)(CCC(C)O)C(=O)OCC. The van der Waals surface area contributed by atoms with Crippen molar-refractivity contribution in [2.75, 3.05) is 13.2 Å². The molecule has 0 aliphatic heterocycles. The second-order valence-electron chi connectivity index (χ2n) is 4.26. The minimum atomic E-state index is -1.29. The molecule has 0 bridgehead atoms. The van der Waals surface area contributed by atoms with Crippen molar-refractivity contribution in [1.29, 1.82) is 0 Å². The summed E-state index contributed by atoms with van der Waals surface area (Å²) in [5.41, 5.74) is -1.29. The predicted molar refractivity (Wildman–Crippen MR) is 66.9 cm³/mol. The molecular weight excluding hydrogens is 236 g/mol. The number of carbonyl (C=O) groups excluding carboxylic acids is 2. The molecule has 0 saturated carbocycles. The molecule has 0 spiro atoms. The average Bonchev–Trinajstić information content (AvgIpc) is 2.30. The number of aliphatic hydroxyl groups is 1. The smallest absolute Gasteiger partial charge is 0.323 e. The Labute approximate surface area is 108 Å². The maximum absolute atomic E-state index is 12.0. The third-order valence-corrected chi connectivity index (χ3v) is 2.92. The van der Waals surface area contributed by atoms with Crippen molar-refractivity contribution in [2.45, 2.75) is 53.1 Å². The van der Waals surface area contributed by atoms with Gasteiger partial charge in [-0.1, -0.05) is 6.92 Å². The molecule has 0 aromatic rings. The van der Waals surface area contributed by atoms with Crippen LogP contribution in [-0.2, 0) is 19.1 Å². The Morgan fingerprint density at radius 1 is 1.11 bits per heavy atom. The highest BCUT2D eigenvalue weighted by Crippen LogP contribution is 2.32. The van der Waals surface area contributed by atoms with E-state index in [2.05, 4.69) is 0 Å². The molecule has 0 aliphatic carbocycles. The molecule has 0 amide bonds. The fraction of sp³-hybridized carbons (Fsp3) is 0.846. The van der Waals surface area contributed by atoms with Gasteiger partial charge in [0.15, 0.2) is 5.41 Å². The van der Waals surface area contributed by atoms with Gasteiger partial charge in [0.1, 0.15) is 0 Å². The van der Waals surface area contributed by atoms with Crippen LogP contribution >= 0.6 is 0 Å². The van der Waals surface area contributed by atoms with Gasteiger partial charge in [-0.3, -0.25) is 9.59 Å². The topological polar surface area (TPSA) is 72.8 Å². The Kier molecular flexibility index (Phi) is 7.59. The lowest BCUT2D eigenvalue weighted by molar-refractivity contribution is -0.173. The third-order valence-electron chi connectivity index (χ3n) is 2.92. The molecule has 0 aromatic carbocycles. The number of hydrogen-bond acceptors (Lipinski definition) is 5. The molecule has 1 N–H and O–H groups in total. The van der Waals surface area contributed by atoms with E-state index in [1.807, 2.05) is 0 Å². The van der Waals surface area contributed by atoms with Gasteiger partial charge in [0, 0.05) is 0 Å². The summed E-state index contributed by atoms with van der Waals surface area (Å²) in [5.74, 6) is -1.13.